The molecule has 1 heterocycles. The third kappa shape index (κ3) is 5.65. The fraction of sp³-hybridized carbons (Fsp3) is 0.278. The van der Waals surface area contributed by atoms with E-state index >= 15 is 0 Å². The first kappa shape index (κ1) is 21.1. The van der Waals surface area contributed by atoms with E-state index in [1.807, 2.05) is 0 Å². The molecular weight excluding hydrogens is 474 g/mol. The first-order chi connectivity index (χ1) is 12.5. The van der Waals surface area contributed by atoms with Gasteiger partial charge in [0.15, 0.2) is 0 Å². The van der Waals surface area contributed by atoms with E-state index in [1.54, 1.807) is 6.92 Å². The molecule has 0 radical (unpaired) electrons. The molecule has 1 aromatic carbocycles. The Balaban J connectivity index is 2.26. The highest BCUT2D eigenvalue weighted by atomic mass is 127. The average molecular weight is 491 g/mol. The minimum atomic E-state index is -3.15. The number of aromatic nitrogens is 1. The quantitative estimate of drug-likeness (QED) is 0.480. The standard InChI is InChI=1S/C18H17F3IN3O2/c1-9-6-12(7-16(23-9)25-11(3)26)17(27)24-10(2)14-8-13(18(20,21)22)4-5-15(14)19/h4-8,10H,1-3H3,(H,24,27)(H,23,25,26). The molecule has 1 unspecified atom stereocenters. The van der Waals surface area contributed by atoms with E-state index in [0.29, 0.717) is 5.69 Å². The minimum absolute atomic E-state index is 0.0509. The Bertz CT molecular complexity index is 885. The van der Waals surface area contributed by atoms with Crippen molar-refractivity contribution < 1.29 is 22.8 Å². The molecule has 1 aromatic heterocycles. The highest BCUT2D eigenvalue weighted by Gasteiger charge is 2.28. The number of nitrogens with zero attached hydrogens (tertiary/aromatic N) is 1. The van der Waals surface area contributed by atoms with Crippen LogP contribution in [0.4, 0.5) is 19.0 Å². The summed E-state index contributed by atoms with van der Waals surface area (Å²) in [7, 11) is 0. The van der Waals surface area contributed by atoms with Gasteiger partial charge in [0, 0.05) is 51.9 Å². The molecule has 27 heavy (non-hydrogen) atoms. The molecule has 2 aromatic rings. The molecule has 0 aliphatic rings. The molecule has 0 spiro atoms. The van der Waals surface area contributed by atoms with Gasteiger partial charge in [0.2, 0.25) is 5.91 Å². The van der Waals surface area contributed by atoms with E-state index in [0.717, 1.165) is 40.8 Å². The summed E-state index contributed by atoms with van der Waals surface area (Å²) >= 11 is 0.961. The maximum Gasteiger partial charge on any atom is 0.321 e. The SMILES string of the molecule is CC(=O)Nc1cc(C(=O)NC(C)c2cc(C(F)(F)I)ccc2F)cc(C)n1. The molecule has 0 fully saturated rings. The molecule has 1 atom stereocenters. The molecule has 0 saturated carbocycles. The zero-order valence-corrected chi connectivity index (χ0v) is 16.9. The highest BCUT2D eigenvalue weighted by Crippen LogP contribution is 2.36. The van der Waals surface area contributed by atoms with Gasteiger partial charge in [-0.25, -0.2) is 9.37 Å². The first-order valence-corrected chi connectivity index (χ1v) is 8.99. The van der Waals surface area contributed by atoms with Gasteiger partial charge in [-0.05, 0) is 44.2 Å². The molecule has 0 bridgehead atoms. The molecular formula is C18H17F3IN3O2. The predicted molar refractivity (Wildman–Crippen MR) is 103 cm³/mol. The van der Waals surface area contributed by atoms with Gasteiger partial charge >= 0.3 is 3.93 Å². The molecule has 2 amide bonds. The van der Waals surface area contributed by atoms with E-state index in [9.17, 15) is 22.8 Å². The monoisotopic (exact) mass is 491 g/mol. The number of hydrogen-bond acceptors (Lipinski definition) is 3. The summed E-state index contributed by atoms with van der Waals surface area (Å²) in [4.78, 5) is 27.7. The van der Waals surface area contributed by atoms with Crippen molar-refractivity contribution in [1.29, 1.82) is 0 Å². The van der Waals surface area contributed by atoms with Gasteiger partial charge < -0.3 is 10.6 Å². The van der Waals surface area contributed by atoms with Crippen LogP contribution >= 0.6 is 22.6 Å². The van der Waals surface area contributed by atoms with Gasteiger partial charge in [-0.1, -0.05) is 0 Å². The number of halogens is 4. The maximum absolute atomic E-state index is 14.1. The zero-order chi connectivity index (χ0) is 20.4. The van der Waals surface area contributed by atoms with Crippen LogP contribution in [-0.4, -0.2) is 16.8 Å². The number of anilines is 1. The summed E-state index contributed by atoms with van der Waals surface area (Å²) in [5.74, 6) is -1.38. The molecule has 2 rings (SSSR count). The number of carbonyl (C=O) groups excluding carboxylic acids is 2. The van der Waals surface area contributed by atoms with Gasteiger partial charge in [-0.3, -0.25) is 9.59 Å². The second-order valence-corrected chi connectivity index (χ2v) is 7.35. The van der Waals surface area contributed by atoms with Crippen molar-refractivity contribution in [2.75, 3.05) is 5.32 Å². The van der Waals surface area contributed by atoms with E-state index in [2.05, 4.69) is 15.6 Å². The highest BCUT2D eigenvalue weighted by molar-refractivity contribution is 14.1. The van der Waals surface area contributed by atoms with Crippen molar-refractivity contribution in [2.45, 2.75) is 30.7 Å². The fourth-order valence-corrected chi connectivity index (χ4v) is 2.79. The number of alkyl halides is 3. The summed E-state index contributed by atoms with van der Waals surface area (Å²) in [5, 5.41) is 5.06. The Hall–Kier alpha value is -2.17. The molecule has 5 nitrogen and oxygen atoms in total. The lowest BCUT2D eigenvalue weighted by atomic mass is 10.0. The van der Waals surface area contributed by atoms with Crippen LogP contribution in [-0.2, 0) is 8.72 Å². The van der Waals surface area contributed by atoms with Crippen LogP contribution in [0, 0.1) is 12.7 Å². The third-order valence-corrected chi connectivity index (χ3v) is 4.28. The number of amides is 2. The summed E-state index contributed by atoms with van der Waals surface area (Å²) < 4.78 is 37.9. The predicted octanol–water partition coefficient (Wildman–Crippen LogP) is 4.46. The van der Waals surface area contributed by atoms with E-state index in [4.69, 9.17) is 0 Å². The first-order valence-electron chi connectivity index (χ1n) is 7.91. The lowest BCUT2D eigenvalue weighted by Gasteiger charge is -2.18. The Morgan fingerprint density at radius 2 is 1.89 bits per heavy atom. The largest absolute Gasteiger partial charge is 0.345 e. The number of hydrogen-bond donors (Lipinski definition) is 2. The van der Waals surface area contributed by atoms with Crippen molar-refractivity contribution >= 4 is 40.2 Å². The molecule has 9 heteroatoms. The smallest absolute Gasteiger partial charge is 0.321 e. The molecule has 0 aliphatic carbocycles. The van der Waals surface area contributed by atoms with Crippen LogP contribution in [0.2, 0.25) is 0 Å². The molecule has 144 valence electrons. The van der Waals surface area contributed by atoms with Crippen molar-refractivity contribution in [2.24, 2.45) is 0 Å². The summed E-state index contributed by atoms with van der Waals surface area (Å²) in [6.07, 6.45) is 0. The lowest BCUT2D eigenvalue weighted by Crippen LogP contribution is -2.28. The average Bonchev–Trinajstić information content (AvgIpc) is 2.52. The van der Waals surface area contributed by atoms with Crippen molar-refractivity contribution in [1.82, 2.24) is 10.3 Å². The van der Waals surface area contributed by atoms with Crippen LogP contribution < -0.4 is 10.6 Å². The summed E-state index contributed by atoms with van der Waals surface area (Å²) in [6, 6.07) is 5.01. The van der Waals surface area contributed by atoms with Crippen molar-refractivity contribution in [3.63, 3.8) is 0 Å². The number of aryl methyl sites for hydroxylation is 1. The van der Waals surface area contributed by atoms with Gasteiger partial charge in [0.1, 0.15) is 11.6 Å². The number of carbonyl (C=O) groups is 2. The van der Waals surface area contributed by atoms with E-state index < -0.39 is 21.7 Å². The van der Waals surface area contributed by atoms with Gasteiger partial charge in [0.25, 0.3) is 5.91 Å². The maximum atomic E-state index is 14.1. The lowest BCUT2D eigenvalue weighted by molar-refractivity contribution is -0.114. The van der Waals surface area contributed by atoms with Gasteiger partial charge in [0.05, 0.1) is 6.04 Å². The molecule has 2 N–H and O–H groups in total. The normalized spacial score (nSPS) is 12.4. The zero-order valence-electron chi connectivity index (χ0n) is 14.7. The fourth-order valence-electron chi connectivity index (χ4n) is 2.45. The number of nitrogens with one attached hydrogen (secondary N) is 2. The third-order valence-electron chi connectivity index (χ3n) is 3.66. The van der Waals surface area contributed by atoms with Crippen molar-refractivity contribution in [3.8, 4) is 0 Å². The number of rotatable bonds is 5. The number of pyridine rings is 1. The molecule has 0 saturated heterocycles. The van der Waals surface area contributed by atoms with Crippen LogP contribution in [0.25, 0.3) is 0 Å². The van der Waals surface area contributed by atoms with Crippen LogP contribution in [0.1, 0.15) is 47.1 Å². The minimum Gasteiger partial charge on any atom is -0.345 e. The van der Waals surface area contributed by atoms with Crippen molar-refractivity contribution in [3.05, 3.63) is 58.5 Å². The van der Waals surface area contributed by atoms with Crippen LogP contribution in [0.15, 0.2) is 30.3 Å². The second kappa shape index (κ2) is 8.24. The topological polar surface area (TPSA) is 71.1 Å². The summed E-state index contributed by atoms with van der Waals surface area (Å²) in [6.45, 7) is 4.45. The van der Waals surface area contributed by atoms with E-state index in [1.165, 1.54) is 26.0 Å². The second-order valence-electron chi connectivity index (χ2n) is 5.99. The van der Waals surface area contributed by atoms with Crippen LogP contribution in [0.3, 0.4) is 0 Å². The molecule has 0 aliphatic heterocycles. The Morgan fingerprint density at radius 1 is 1.22 bits per heavy atom. The van der Waals surface area contributed by atoms with Gasteiger partial charge in [-0.15, -0.1) is 0 Å². The Labute approximate surface area is 167 Å². The number of benzene rings is 1. The summed E-state index contributed by atoms with van der Waals surface area (Å²) in [5.41, 5.74) is 0.295. The Morgan fingerprint density at radius 3 is 2.48 bits per heavy atom. The van der Waals surface area contributed by atoms with E-state index in [-0.39, 0.29) is 28.4 Å². The Kier molecular flexibility index (Phi) is 6.45. The van der Waals surface area contributed by atoms with Crippen LogP contribution in [0.5, 0.6) is 0 Å². The van der Waals surface area contributed by atoms with Gasteiger partial charge in [-0.2, -0.15) is 8.78 Å².